The number of amides is 1. The standard InChI is InChI=1S/C21H29N3O6S.C16H21N3O4S/c1-12(2)17-18-22-14-10-13(19(25)29-6)16(31(7,27)28)11-15(14)23(18)8-9-24(17)20(26)30-21(3,4)5;1-9(2)14-15-18-11-7-10(16(20)23-3)13(24(4,21)22)8-12(11)19(15)6-5-17-14/h10-12,17H,8-9H2,1-7H3;7-9,14,17H,5-6H2,1-4H3/t17-;14-/m11/s1. The van der Waals surface area contributed by atoms with Gasteiger partial charge in [0, 0.05) is 38.7 Å². The highest BCUT2D eigenvalue weighted by atomic mass is 32.2. The second-order valence-electron chi connectivity index (χ2n) is 15.5. The molecule has 16 nitrogen and oxygen atoms in total. The van der Waals surface area contributed by atoms with E-state index in [0.29, 0.717) is 47.9 Å². The number of sulfone groups is 2. The van der Waals surface area contributed by atoms with Crippen LogP contribution in [0.15, 0.2) is 34.1 Å². The van der Waals surface area contributed by atoms with Crippen LogP contribution in [0.1, 0.15) is 92.9 Å². The average Bonchev–Trinajstić information content (AvgIpc) is 3.65. The van der Waals surface area contributed by atoms with Crippen molar-refractivity contribution in [1.82, 2.24) is 29.3 Å². The summed E-state index contributed by atoms with van der Waals surface area (Å²) in [6.07, 6.45) is 1.72. The number of carbonyl (C=O) groups excluding carboxylic acids is 3. The third-order valence-corrected chi connectivity index (χ3v) is 11.7. The van der Waals surface area contributed by atoms with E-state index in [9.17, 15) is 31.2 Å². The molecule has 2 aliphatic heterocycles. The monoisotopic (exact) mass is 802 g/mol. The maximum absolute atomic E-state index is 12.8. The fraction of sp³-hybridized carbons (Fsp3) is 0.541. The van der Waals surface area contributed by atoms with Crippen LogP contribution in [0.5, 0.6) is 0 Å². The van der Waals surface area contributed by atoms with Crippen LogP contribution in [0.25, 0.3) is 22.1 Å². The predicted molar refractivity (Wildman–Crippen MR) is 204 cm³/mol. The van der Waals surface area contributed by atoms with E-state index in [1.165, 1.54) is 38.5 Å². The number of fused-ring (bicyclic) bond motifs is 6. The Hall–Kier alpha value is -4.55. The first-order chi connectivity index (χ1) is 25.5. The zero-order chi connectivity index (χ0) is 40.9. The van der Waals surface area contributed by atoms with E-state index in [2.05, 4.69) is 24.1 Å². The molecule has 2 aromatic carbocycles. The molecule has 0 bridgehead atoms. The second kappa shape index (κ2) is 15.2. The Labute approximate surface area is 321 Å². The van der Waals surface area contributed by atoms with Gasteiger partial charge in [-0.05, 0) is 56.9 Å². The lowest BCUT2D eigenvalue weighted by atomic mass is 10.0. The van der Waals surface area contributed by atoms with Gasteiger partial charge in [-0.15, -0.1) is 0 Å². The Morgan fingerprint density at radius 2 is 1.22 bits per heavy atom. The Balaban J connectivity index is 0.000000218. The van der Waals surface area contributed by atoms with Crippen molar-refractivity contribution in [3.63, 3.8) is 0 Å². The molecular weight excluding hydrogens is 753 g/mol. The third kappa shape index (κ3) is 8.35. The molecule has 1 amide bonds. The summed E-state index contributed by atoms with van der Waals surface area (Å²) in [5.74, 6) is 0.440. The van der Waals surface area contributed by atoms with Crippen molar-refractivity contribution in [3.05, 3.63) is 47.0 Å². The van der Waals surface area contributed by atoms with E-state index < -0.39 is 43.3 Å². The van der Waals surface area contributed by atoms with Gasteiger partial charge in [0.2, 0.25) is 0 Å². The smallest absolute Gasteiger partial charge is 0.410 e. The van der Waals surface area contributed by atoms with Crippen LogP contribution in [0, 0.1) is 11.8 Å². The molecule has 0 radical (unpaired) electrons. The van der Waals surface area contributed by atoms with Gasteiger partial charge in [0.1, 0.15) is 17.2 Å². The van der Waals surface area contributed by atoms with Gasteiger partial charge in [-0.3, -0.25) is 4.90 Å². The van der Waals surface area contributed by atoms with Crippen molar-refractivity contribution in [2.24, 2.45) is 11.8 Å². The molecule has 55 heavy (non-hydrogen) atoms. The number of hydrogen-bond acceptors (Lipinski definition) is 13. The number of hydrogen-bond donors (Lipinski definition) is 1. The average molecular weight is 803 g/mol. The first-order valence-electron chi connectivity index (χ1n) is 17.9. The van der Waals surface area contributed by atoms with Gasteiger partial charge in [0.05, 0.1) is 69.3 Å². The lowest BCUT2D eigenvalue weighted by Crippen LogP contribution is -2.46. The topological polar surface area (TPSA) is 198 Å². The summed E-state index contributed by atoms with van der Waals surface area (Å²) in [4.78, 5) is 48.0. The Morgan fingerprint density at radius 3 is 1.64 bits per heavy atom. The normalized spacial score (nSPS) is 17.4. The second-order valence-corrected chi connectivity index (χ2v) is 19.5. The molecule has 0 aliphatic carbocycles. The number of rotatable bonds is 6. The first kappa shape index (κ1) is 41.6. The van der Waals surface area contributed by atoms with E-state index in [1.807, 2.05) is 43.8 Å². The number of imidazole rings is 2. The highest BCUT2D eigenvalue weighted by molar-refractivity contribution is 7.91. The zero-order valence-corrected chi connectivity index (χ0v) is 34.7. The lowest BCUT2D eigenvalue weighted by molar-refractivity contribution is 0.00398. The van der Waals surface area contributed by atoms with Crippen LogP contribution in [0.2, 0.25) is 0 Å². The largest absolute Gasteiger partial charge is 0.465 e. The summed E-state index contributed by atoms with van der Waals surface area (Å²) >= 11 is 0. The molecule has 1 N–H and O–H groups in total. The summed E-state index contributed by atoms with van der Waals surface area (Å²) in [7, 11) is -4.83. The fourth-order valence-corrected chi connectivity index (χ4v) is 8.79. The van der Waals surface area contributed by atoms with Gasteiger partial charge < -0.3 is 28.7 Å². The summed E-state index contributed by atoms with van der Waals surface area (Å²) in [6.45, 7) is 15.9. The highest BCUT2D eigenvalue weighted by Crippen LogP contribution is 2.37. The molecule has 4 heterocycles. The number of carbonyl (C=O) groups is 3. The Bertz CT molecular complexity index is 2390. The van der Waals surface area contributed by atoms with E-state index in [1.54, 1.807) is 4.90 Å². The van der Waals surface area contributed by atoms with Gasteiger partial charge in [0.15, 0.2) is 19.7 Å². The number of methoxy groups -OCH3 is 2. The molecule has 6 rings (SSSR count). The van der Waals surface area contributed by atoms with E-state index in [-0.39, 0.29) is 38.9 Å². The quantitative estimate of drug-likeness (QED) is 0.208. The van der Waals surface area contributed by atoms with Gasteiger partial charge in [-0.2, -0.15) is 0 Å². The molecule has 2 atom stereocenters. The molecule has 300 valence electrons. The summed E-state index contributed by atoms with van der Waals surface area (Å²) in [5, 5.41) is 3.44. The maximum Gasteiger partial charge on any atom is 0.410 e. The minimum Gasteiger partial charge on any atom is -0.465 e. The van der Waals surface area contributed by atoms with Crippen LogP contribution < -0.4 is 5.32 Å². The number of ether oxygens (including phenoxy) is 3. The molecule has 0 fully saturated rings. The maximum atomic E-state index is 12.8. The van der Waals surface area contributed by atoms with Crippen LogP contribution >= 0.6 is 0 Å². The lowest BCUT2D eigenvalue weighted by Gasteiger charge is -2.38. The van der Waals surface area contributed by atoms with E-state index in [4.69, 9.17) is 19.2 Å². The summed E-state index contributed by atoms with van der Waals surface area (Å²) in [5.41, 5.74) is 1.74. The minimum absolute atomic E-state index is 0.0239. The van der Waals surface area contributed by atoms with E-state index in [0.717, 1.165) is 30.4 Å². The molecule has 2 aromatic heterocycles. The zero-order valence-electron chi connectivity index (χ0n) is 33.1. The van der Waals surface area contributed by atoms with Crippen molar-refractivity contribution < 1.29 is 45.4 Å². The molecule has 0 unspecified atom stereocenters. The predicted octanol–water partition coefficient (Wildman–Crippen LogP) is 4.70. The van der Waals surface area contributed by atoms with Crippen molar-refractivity contribution in [3.8, 4) is 0 Å². The highest BCUT2D eigenvalue weighted by Gasteiger charge is 2.38. The van der Waals surface area contributed by atoms with Gasteiger partial charge in [-0.25, -0.2) is 41.2 Å². The molecule has 18 heteroatoms. The Kier molecular flexibility index (Phi) is 11.5. The van der Waals surface area contributed by atoms with Crippen LogP contribution in [-0.2, 0) is 47.0 Å². The number of nitrogens with one attached hydrogen (secondary N) is 1. The SMILES string of the molecule is COC(=O)c1cc2nc3n(c2cc1S(C)(=O)=O)CCN(C(=O)OC(C)(C)C)[C@@H]3C(C)C.COC(=O)c1cc2nc3n(c2cc1S(C)(=O)=O)CCN[C@@H]3C(C)C. The molecular formula is C37H50N6O10S2. The number of aromatic nitrogens is 4. The van der Waals surface area contributed by atoms with Crippen LogP contribution in [0.3, 0.4) is 0 Å². The molecule has 4 aromatic rings. The van der Waals surface area contributed by atoms with Gasteiger partial charge >= 0.3 is 18.0 Å². The third-order valence-electron chi connectivity index (χ3n) is 9.44. The van der Waals surface area contributed by atoms with Gasteiger partial charge in [-0.1, -0.05) is 27.7 Å². The minimum atomic E-state index is -3.69. The molecule has 0 saturated carbocycles. The first-order valence-corrected chi connectivity index (χ1v) is 21.6. The fourth-order valence-electron chi connectivity index (χ4n) is 7.05. The molecule has 2 aliphatic rings. The van der Waals surface area contributed by atoms with E-state index >= 15 is 0 Å². The van der Waals surface area contributed by atoms with Crippen molar-refractivity contribution in [2.45, 2.75) is 89.0 Å². The number of nitrogens with zero attached hydrogens (tertiary/aromatic N) is 5. The van der Waals surface area contributed by atoms with Crippen molar-refractivity contribution in [2.75, 3.05) is 39.8 Å². The van der Waals surface area contributed by atoms with Crippen LogP contribution in [0.4, 0.5) is 4.79 Å². The summed E-state index contributed by atoms with van der Waals surface area (Å²) in [6, 6.07) is 5.69. The molecule has 0 saturated heterocycles. The summed E-state index contributed by atoms with van der Waals surface area (Å²) < 4.78 is 68.0. The van der Waals surface area contributed by atoms with Crippen molar-refractivity contribution >= 4 is 59.8 Å². The number of esters is 2. The van der Waals surface area contributed by atoms with Crippen molar-refractivity contribution in [1.29, 1.82) is 0 Å². The van der Waals surface area contributed by atoms with Crippen LogP contribution in [-0.4, -0.2) is 104 Å². The Morgan fingerprint density at radius 1 is 0.745 bits per heavy atom. The number of benzene rings is 2. The molecule has 0 spiro atoms. The van der Waals surface area contributed by atoms with Gasteiger partial charge in [0.25, 0.3) is 0 Å².